The minimum Gasteiger partial charge on any atom is -0.467 e. The summed E-state index contributed by atoms with van der Waals surface area (Å²) >= 11 is 6.67. The molecule has 2 aromatic carbocycles. The third-order valence-corrected chi connectivity index (χ3v) is 3.73. The van der Waals surface area contributed by atoms with E-state index in [1.165, 1.54) is 7.11 Å². The minimum atomic E-state index is -1.30. The summed E-state index contributed by atoms with van der Waals surface area (Å²) in [5.41, 5.74) is 2.40. The van der Waals surface area contributed by atoms with Crippen LogP contribution in [0.1, 0.15) is 16.7 Å². The normalized spacial score (nSPS) is 13.6. The van der Waals surface area contributed by atoms with Crippen molar-refractivity contribution >= 4 is 17.6 Å². The fraction of sp³-hybridized carbons (Fsp3) is 0.188. The summed E-state index contributed by atoms with van der Waals surface area (Å²) in [6.45, 7) is 1.93. The van der Waals surface area contributed by atoms with Crippen molar-refractivity contribution in [2.24, 2.45) is 0 Å². The van der Waals surface area contributed by atoms with Crippen LogP contribution < -0.4 is 0 Å². The van der Waals surface area contributed by atoms with E-state index in [0.717, 1.165) is 11.1 Å². The molecule has 0 radical (unpaired) electrons. The monoisotopic (exact) mass is 274 g/mol. The lowest BCUT2D eigenvalue weighted by atomic mass is 9.87. The largest absolute Gasteiger partial charge is 0.467 e. The van der Waals surface area contributed by atoms with Crippen molar-refractivity contribution < 1.29 is 9.53 Å². The highest BCUT2D eigenvalue weighted by atomic mass is 35.5. The number of rotatable bonds is 3. The molecule has 3 heteroatoms. The molecule has 19 heavy (non-hydrogen) atoms. The highest BCUT2D eigenvalue weighted by Crippen LogP contribution is 2.39. The molecule has 0 aliphatic carbocycles. The van der Waals surface area contributed by atoms with Crippen LogP contribution in [0.4, 0.5) is 0 Å². The van der Waals surface area contributed by atoms with Crippen molar-refractivity contribution in [3.05, 3.63) is 71.3 Å². The number of halogens is 1. The summed E-state index contributed by atoms with van der Waals surface area (Å²) in [6.07, 6.45) is 0. The van der Waals surface area contributed by atoms with Gasteiger partial charge in [-0.1, -0.05) is 66.2 Å². The zero-order chi connectivity index (χ0) is 13.9. The van der Waals surface area contributed by atoms with Crippen LogP contribution in [0.25, 0.3) is 0 Å². The van der Waals surface area contributed by atoms with Gasteiger partial charge in [-0.05, 0) is 23.6 Å². The van der Waals surface area contributed by atoms with E-state index in [0.29, 0.717) is 5.56 Å². The van der Waals surface area contributed by atoms with Crippen LogP contribution in [-0.2, 0) is 14.4 Å². The number of hydrogen-bond acceptors (Lipinski definition) is 2. The predicted octanol–water partition coefficient (Wildman–Crippen LogP) is 3.65. The summed E-state index contributed by atoms with van der Waals surface area (Å²) in [6, 6.07) is 16.8. The Morgan fingerprint density at radius 2 is 1.63 bits per heavy atom. The Kier molecular flexibility index (Phi) is 3.91. The average molecular weight is 275 g/mol. The molecule has 0 spiro atoms. The van der Waals surface area contributed by atoms with E-state index in [-0.39, 0.29) is 0 Å². The van der Waals surface area contributed by atoms with Gasteiger partial charge in [-0.2, -0.15) is 0 Å². The van der Waals surface area contributed by atoms with E-state index in [1.807, 2.05) is 61.5 Å². The number of esters is 1. The number of hydrogen-bond donors (Lipinski definition) is 0. The van der Waals surface area contributed by atoms with Gasteiger partial charge in [0.1, 0.15) is 0 Å². The topological polar surface area (TPSA) is 26.3 Å². The van der Waals surface area contributed by atoms with E-state index in [4.69, 9.17) is 16.3 Å². The van der Waals surface area contributed by atoms with Gasteiger partial charge in [0.25, 0.3) is 0 Å². The van der Waals surface area contributed by atoms with E-state index < -0.39 is 10.8 Å². The Hall–Kier alpha value is -1.80. The number of benzene rings is 2. The maximum Gasteiger partial charge on any atom is 0.336 e. The zero-order valence-electron chi connectivity index (χ0n) is 10.9. The number of alkyl halides is 1. The third kappa shape index (κ3) is 2.36. The van der Waals surface area contributed by atoms with E-state index in [2.05, 4.69) is 0 Å². The number of carbonyl (C=O) groups is 1. The third-order valence-electron chi connectivity index (χ3n) is 3.15. The Bertz CT molecular complexity index is 580. The highest BCUT2D eigenvalue weighted by Gasteiger charge is 2.42. The molecule has 0 fully saturated rings. The Morgan fingerprint density at radius 3 is 2.21 bits per heavy atom. The average Bonchev–Trinajstić information content (AvgIpc) is 2.47. The van der Waals surface area contributed by atoms with Gasteiger partial charge in [0.2, 0.25) is 0 Å². The first-order valence-corrected chi connectivity index (χ1v) is 6.37. The number of aryl methyl sites for hydroxylation is 1. The summed E-state index contributed by atoms with van der Waals surface area (Å²) in [4.78, 5) is 10.9. The van der Waals surface area contributed by atoms with Crippen molar-refractivity contribution in [2.75, 3.05) is 7.11 Å². The maximum atomic E-state index is 12.2. The van der Waals surface area contributed by atoms with Gasteiger partial charge in [-0.25, -0.2) is 4.79 Å². The molecule has 0 aliphatic heterocycles. The summed E-state index contributed by atoms with van der Waals surface area (Å²) in [5, 5.41) is 0. The first kappa shape index (κ1) is 13.6. The van der Waals surface area contributed by atoms with Crippen molar-refractivity contribution in [1.29, 1.82) is 0 Å². The first-order valence-electron chi connectivity index (χ1n) is 5.99. The molecule has 0 N–H and O–H groups in total. The highest BCUT2D eigenvalue weighted by molar-refractivity contribution is 6.36. The minimum absolute atomic E-state index is 0.477. The van der Waals surface area contributed by atoms with Gasteiger partial charge in [0, 0.05) is 0 Å². The molecule has 0 bridgehead atoms. The van der Waals surface area contributed by atoms with E-state index >= 15 is 0 Å². The Labute approximate surface area is 118 Å². The molecule has 2 aromatic rings. The molecule has 2 nitrogen and oxygen atoms in total. The molecule has 0 amide bonds. The van der Waals surface area contributed by atoms with Crippen molar-refractivity contribution in [3.63, 3.8) is 0 Å². The summed E-state index contributed by atoms with van der Waals surface area (Å²) in [5.74, 6) is -0.477. The van der Waals surface area contributed by atoms with Crippen molar-refractivity contribution in [1.82, 2.24) is 0 Å². The van der Waals surface area contributed by atoms with Crippen molar-refractivity contribution in [3.8, 4) is 0 Å². The standard InChI is InChI=1S/C16H15ClO2/c1-12-8-6-7-11-14(12)16(17,15(18)19-2)13-9-4-3-5-10-13/h3-11H,1-2H3. The SMILES string of the molecule is COC(=O)C(Cl)(c1ccccc1)c1ccccc1C. The lowest BCUT2D eigenvalue weighted by Gasteiger charge is -2.26. The molecular formula is C16H15ClO2. The Balaban J connectivity index is 2.66. The van der Waals surface area contributed by atoms with Crippen LogP contribution >= 0.6 is 11.6 Å². The van der Waals surface area contributed by atoms with Gasteiger partial charge in [-0.3, -0.25) is 0 Å². The lowest BCUT2D eigenvalue weighted by molar-refractivity contribution is -0.142. The second-order valence-electron chi connectivity index (χ2n) is 4.33. The van der Waals surface area contributed by atoms with E-state index in [9.17, 15) is 4.79 Å². The molecule has 1 unspecified atom stereocenters. The molecule has 0 aromatic heterocycles. The smallest absolute Gasteiger partial charge is 0.336 e. The van der Waals surface area contributed by atoms with Crippen LogP contribution in [0.15, 0.2) is 54.6 Å². The molecule has 0 saturated heterocycles. The fourth-order valence-corrected chi connectivity index (χ4v) is 2.57. The van der Waals surface area contributed by atoms with E-state index in [1.54, 1.807) is 0 Å². The molecule has 98 valence electrons. The van der Waals surface area contributed by atoms with Crippen molar-refractivity contribution in [2.45, 2.75) is 11.8 Å². The van der Waals surface area contributed by atoms with Gasteiger partial charge in [-0.15, -0.1) is 0 Å². The summed E-state index contributed by atoms with van der Waals surface area (Å²) < 4.78 is 4.91. The van der Waals surface area contributed by atoms with Crippen LogP contribution in [0.3, 0.4) is 0 Å². The van der Waals surface area contributed by atoms with Gasteiger partial charge >= 0.3 is 5.97 Å². The molecular weight excluding hydrogens is 260 g/mol. The number of carbonyl (C=O) groups excluding carboxylic acids is 1. The molecule has 1 atom stereocenters. The lowest BCUT2D eigenvalue weighted by Crippen LogP contribution is -2.33. The maximum absolute atomic E-state index is 12.2. The van der Waals surface area contributed by atoms with Gasteiger partial charge < -0.3 is 4.74 Å². The van der Waals surface area contributed by atoms with Crippen LogP contribution in [0.2, 0.25) is 0 Å². The molecule has 0 aliphatic rings. The zero-order valence-corrected chi connectivity index (χ0v) is 11.6. The molecule has 0 heterocycles. The predicted molar refractivity (Wildman–Crippen MR) is 76.3 cm³/mol. The second-order valence-corrected chi connectivity index (χ2v) is 4.90. The number of ether oxygens (including phenoxy) is 1. The number of methoxy groups -OCH3 is 1. The molecule has 0 saturated carbocycles. The summed E-state index contributed by atoms with van der Waals surface area (Å²) in [7, 11) is 1.35. The second kappa shape index (κ2) is 5.45. The van der Waals surface area contributed by atoms with Crippen LogP contribution in [-0.4, -0.2) is 13.1 Å². The first-order chi connectivity index (χ1) is 9.10. The molecule has 2 rings (SSSR count). The van der Waals surface area contributed by atoms with Gasteiger partial charge in [0.05, 0.1) is 7.11 Å². The van der Waals surface area contributed by atoms with Crippen LogP contribution in [0, 0.1) is 6.92 Å². The Morgan fingerprint density at radius 1 is 1.05 bits per heavy atom. The van der Waals surface area contributed by atoms with Crippen LogP contribution in [0.5, 0.6) is 0 Å². The van der Waals surface area contributed by atoms with Gasteiger partial charge in [0.15, 0.2) is 4.87 Å². The fourth-order valence-electron chi connectivity index (χ4n) is 2.15. The quantitative estimate of drug-likeness (QED) is 0.631.